The second-order valence-corrected chi connectivity index (χ2v) is 4.57. The summed E-state index contributed by atoms with van der Waals surface area (Å²) in [6.45, 7) is 6.45. The van der Waals surface area contributed by atoms with Crippen molar-refractivity contribution in [3.05, 3.63) is 0 Å². The average Bonchev–Trinajstić information content (AvgIpc) is 2.01. The first kappa shape index (κ1) is 11.2. The van der Waals surface area contributed by atoms with E-state index >= 15 is 0 Å². The number of carbonyl (C=O) groups excluding carboxylic acids is 2. The van der Waals surface area contributed by atoms with Crippen molar-refractivity contribution in [2.75, 3.05) is 13.6 Å². The van der Waals surface area contributed by atoms with E-state index in [0.29, 0.717) is 6.54 Å². The van der Waals surface area contributed by atoms with Gasteiger partial charge in [0, 0.05) is 0 Å². The van der Waals surface area contributed by atoms with Gasteiger partial charge in [-0.1, -0.05) is 20.8 Å². The number of piperazine rings is 1. The van der Waals surface area contributed by atoms with E-state index in [-0.39, 0.29) is 23.3 Å². The Bertz CT molecular complexity index is 261. The van der Waals surface area contributed by atoms with Crippen molar-refractivity contribution in [3.8, 4) is 0 Å². The molecule has 1 saturated heterocycles. The van der Waals surface area contributed by atoms with Crippen LogP contribution in [0.3, 0.4) is 0 Å². The lowest BCUT2D eigenvalue weighted by atomic mass is 9.80. The monoisotopic (exact) mass is 198 g/mol. The van der Waals surface area contributed by atoms with Crippen LogP contribution < -0.4 is 5.32 Å². The lowest BCUT2D eigenvalue weighted by molar-refractivity contribution is -0.143. The van der Waals surface area contributed by atoms with Gasteiger partial charge in [0.25, 0.3) is 0 Å². The normalized spacial score (nSPS) is 25.0. The summed E-state index contributed by atoms with van der Waals surface area (Å²) in [4.78, 5) is 24.5. The second-order valence-electron chi connectivity index (χ2n) is 4.57. The van der Waals surface area contributed by atoms with Gasteiger partial charge in [-0.2, -0.15) is 0 Å². The molecule has 80 valence electrons. The maximum atomic E-state index is 11.6. The molecule has 0 aliphatic carbocycles. The molecule has 1 rings (SSSR count). The van der Waals surface area contributed by atoms with Crippen LogP contribution in [0.5, 0.6) is 0 Å². The minimum absolute atomic E-state index is 0.0977. The molecule has 0 spiro atoms. The van der Waals surface area contributed by atoms with Crippen molar-refractivity contribution in [1.82, 2.24) is 10.2 Å². The smallest absolute Gasteiger partial charge is 0.244 e. The van der Waals surface area contributed by atoms with Crippen molar-refractivity contribution in [2.24, 2.45) is 5.41 Å². The summed E-state index contributed by atoms with van der Waals surface area (Å²) < 4.78 is 0. The molecule has 4 nitrogen and oxygen atoms in total. The molecule has 0 aromatic heterocycles. The molecular formula is C10H18N2O2. The van der Waals surface area contributed by atoms with Crippen molar-refractivity contribution in [2.45, 2.75) is 33.2 Å². The Labute approximate surface area is 84.7 Å². The molecule has 1 heterocycles. The highest BCUT2D eigenvalue weighted by molar-refractivity contribution is 6.01. The van der Waals surface area contributed by atoms with Crippen LogP contribution >= 0.6 is 0 Å². The molecule has 1 N–H and O–H groups in total. The predicted octanol–water partition coefficient (Wildman–Crippen LogP) is 0.379. The Balaban J connectivity index is 2.87. The molecule has 0 radical (unpaired) electrons. The lowest BCUT2D eigenvalue weighted by Crippen LogP contribution is -2.61. The van der Waals surface area contributed by atoms with E-state index in [2.05, 4.69) is 12.2 Å². The zero-order valence-electron chi connectivity index (χ0n) is 9.26. The van der Waals surface area contributed by atoms with Gasteiger partial charge in [0.05, 0.1) is 12.6 Å². The number of nitrogens with one attached hydrogen (secondary N) is 1. The van der Waals surface area contributed by atoms with E-state index in [1.807, 2.05) is 25.8 Å². The Kier molecular flexibility index (Phi) is 2.95. The first-order valence-electron chi connectivity index (χ1n) is 4.92. The molecule has 1 aliphatic heterocycles. The van der Waals surface area contributed by atoms with E-state index < -0.39 is 0 Å². The van der Waals surface area contributed by atoms with Crippen LogP contribution in [0.15, 0.2) is 0 Å². The van der Waals surface area contributed by atoms with Crippen LogP contribution in [-0.4, -0.2) is 36.3 Å². The minimum atomic E-state index is -0.208. The highest BCUT2D eigenvalue weighted by Gasteiger charge is 2.40. The third-order valence-corrected chi connectivity index (χ3v) is 3.00. The minimum Gasteiger partial charge on any atom is -0.294 e. The summed E-state index contributed by atoms with van der Waals surface area (Å²) in [6, 6.07) is -0.204. The maximum Gasteiger partial charge on any atom is 0.244 e. The summed E-state index contributed by atoms with van der Waals surface area (Å²) in [5.74, 6) is -0.378. The summed E-state index contributed by atoms with van der Waals surface area (Å²) in [5, 5.41) is 2.38. The Morgan fingerprint density at radius 3 is 2.50 bits per heavy atom. The second kappa shape index (κ2) is 3.69. The van der Waals surface area contributed by atoms with Crippen molar-refractivity contribution < 1.29 is 9.59 Å². The predicted molar refractivity (Wildman–Crippen MR) is 53.6 cm³/mol. The topological polar surface area (TPSA) is 49.4 Å². The van der Waals surface area contributed by atoms with E-state index in [0.717, 1.165) is 6.42 Å². The third kappa shape index (κ3) is 1.95. The molecule has 1 aliphatic rings. The summed E-state index contributed by atoms with van der Waals surface area (Å²) in [7, 11) is 1.82. The molecule has 0 aromatic carbocycles. The third-order valence-electron chi connectivity index (χ3n) is 3.00. The number of hydrogen-bond acceptors (Lipinski definition) is 3. The van der Waals surface area contributed by atoms with E-state index in [1.165, 1.54) is 0 Å². The fourth-order valence-electron chi connectivity index (χ4n) is 1.91. The van der Waals surface area contributed by atoms with Crippen molar-refractivity contribution >= 4 is 11.8 Å². The average molecular weight is 198 g/mol. The molecule has 1 fully saturated rings. The van der Waals surface area contributed by atoms with Gasteiger partial charge in [-0.25, -0.2) is 0 Å². The van der Waals surface area contributed by atoms with Crippen molar-refractivity contribution in [3.63, 3.8) is 0 Å². The Hall–Kier alpha value is -0.900. The van der Waals surface area contributed by atoms with E-state index in [1.54, 1.807) is 0 Å². The molecule has 0 aromatic rings. The number of likely N-dealkylation sites (N-methyl/N-ethyl adjacent to an activating group) is 1. The van der Waals surface area contributed by atoms with Crippen LogP contribution in [0.4, 0.5) is 0 Å². The molecule has 1 atom stereocenters. The van der Waals surface area contributed by atoms with E-state index in [4.69, 9.17) is 0 Å². The van der Waals surface area contributed by atoms with E-state index in [9.17, 15) is 9.59 Å². The fraction of sp³-hybridized carbons (Fsp3) is 0.800. The van der Waals surface area contributed by atoms with Gasteiger partial charge in [-0.05, 0) is 18.9 Å². The summed E-state index contributed by atoms with van der Waals surface area (Å²) >= 11 is 0. The molecule has 2 amide bonds. The standard InChI is InChI=1S/C10H18N2O2/c1-5-10(2,3)8-9(14)11-7(13)6-12(8)4/h8H,5-6H2,1-4H3,(H,11,13,14). The van der Waals surface area contributed by atoms with Gasteiger partial charge in [-0.3, -0.25) is 19.8 Å². The molecule has 14 heavy (non-hydrogen) atoms. The van der Waals surface area contributed by atoms with Gasteiger partial charge < -0.3 is 0 Å². The van der Waals surface area contributed by atoms with Crippen LogP contribution in [0.2, 0.25) is 0 Å². The van der Waals surface area contributed by atoms with Crippen LogP contribution in [0.1, 0.15) is 27.2 Å². The fourth-order valence-corrected chi connectivity index (χ4v) is 1.91. The molecule has 4 heteroatoms. The maximum absolute atomic E-state index is 11.6. The van der Waals surface area contributed by atoms with Gasteiger partial charge in [-0.15, -0.1) is 0 Å². The highest BCUT2D eigenvalue weighted by Crippen LogP contribution is 2.29. The number of amides is 2. The quantitative estimate of drug-likeness (QED) is 0.653. The highest BCUT2D eigenvalue weighted by atomic mass is 16.2. The number of imide groups is 1. The first-order valence-corrected chi connectivity index (χ1v) is 4.92. The van der Waals surface area contributed by atoms with Crippen LogP contribution in [0, 0.1) is 5.41 Å². The van der Waals surface area contributed by atoms with Crippen LogP contribution in [0.25, 0.3) is 0 Å². The Morgan fingerprint density at radius 1 is 1.50 bits per heavy atom. The number of carbonyl (C=O) groups is 2. The number of rotatable bonds is 2. The lowest BCUT2D eigenvalue weighted by Gasteiger charge is -2.40. The Morgan fingerprint density at radius 2 is 2.07 bits per heavy atom. The molecular weight excluding hydrogens is 180 g/mol. The number of nitrogens with zero attached hydrogens (tertiary/aromatic N) is 1. The number of hydrogen-bond donors (Lipinski definition) is 1. The first-order chi connectivity index (χ1) is 6.38. The SMILES string of the molecule is CCC(C)(C)C1C(=O)NC(=O)CN1C. The van der Waals surface area contributed by atoms with Gasteiger partial charge >= 0.3 is 0 Å². The largest absolute Gasteiger partial charge is 0.294 e. The molecule has 0 bridgehead atoms. The molecule has 0 saturated carbocycles. The van der Waals surface area contributed by atoms with Gasteiger partial charge in [0.2, 0.25) is 11.8 Å². The zero-order valence-corrected chi connectivity index (χ0v) is 9.26. The van der Waals surface area contributed by atoms with Crippen molar-refractivity contribution in [1.29, 1.82) is 0 Å². The summed E-state index contributed by atoms with van der Waals surface area (Å²) in [5.41, 5.74) is -0.0977. The van der Waals surface area contributed by atoms with Gasteiger partial charge in [0.15, 0.2) is 0 Å². The zero-order chi connectivity index (χ0) is 10.9. The summed E-state index contributed by atoms with van der Waals surface area (Å²) in [6.07, 6.45) is 0.906. The molecule has 1 unspecified atom stereocenters. The van der Waals surface area contributed by atoms with Gasteiger partial charge in [0.1, 0.15) is 0 Å². The van der Waals surface area contributed by atoms with Crippen LogP contribution in [-0.2, 0) is 9.59 Å².